The van der Waals surface area contributed by atoms with E-state index in [4.69, 9.17) is 5.11 Å². The molecule has 8 nitrogen and oxygen atoms in total. The maximum absolute atomic E-state index is 12.4. The number of carboxylic acid groups (broad SMARTS) is 1. The number of likely N-dealkylation sites (N-methyl/N-ethyl adjacent to an activating group) is 1. The summed E-state index contributed by atoms with van der Waals surface area (Å²) in [7, 11) is 1.54. The molecule has 0 bridgehead atoms. The Labute approximate surface area is 140 Å². The highest BCUT2D eigenvalue weighted by molar-refractivity contribution is 5.97. The van der Waals surface area contributed by atoms with Crippen LogP contribution in [0.25, 0.3) is 0 Å². The Hall–Kier alpha value is -2.51. The van der Waals surface area contributed by atoms with Crippen LogP contribution in [0.5, 0.6) is 0 Å². The van der Waals surface area contributed by atoms with Gasteiger partial charge in [0, 0.05) is 26.3 Å². The highest BCUT2D eigenvalue weighted by Crippen LogP contribution is 2.17. The van der Waals surface area contributed by atoms with E-state index in [9.17, 15) is 14.4 Å². The number of carbonyl (C=O) groups is 3. The van der Waals surface area contributed by atoms with Gasteiger partial charge in [-0.3, -0.25) is 14.4 Å². The molecule has 1 aromatic heterocycles. The summed E-state index contributed by atoms with van der Waals surface area (Å²) in [4.78, 5) is 46.9. The number of hydrogen-bond donors (Lipinski definition) is 1. The number of likely N-dealkylation sites (tertiary alicyclic amines) is 1. The van der Waals surface area contributed by atoms with Gasteiger partial charge in [-0.05, 0) is 26.7 Å². The van der Waals surface area contributed by atoms with Gasteiger partial charge >= 0.3 is 5.97 Å². The zero-order chi connectivity index (χ0) is 17.9. The van der Waals surface area contributed by atoms with E-state index >= 15 is 0 Å². The molecule has 8 heteroatoms. The van der Waals surface area contributed by atoms with Crippen LogP contribution in [-0.2, 0) is 9.59 Å². The van der Waals surface area contributed by atoms with E-state index in [1.165, 1.54) is 23.0 Å². The van der Waals surface area contributed by atoms with Gasteiger partial charge in [-0.15, -0.1) is 0 Å². The summed E-state index contributed by atoms with van der Waals surface area (Å²) in [5.74, 6) is -1.41. The van der Waals surface area contributed by atoms with Crippen LogP contribution in [0.1, 0.15) is 34.7 Å². The first kappa shape index (κ1) is 17.8. The number of nitrogens with zero attached hydrogens (tertiary/aromatic N) is 4. The lowest BCUT2D eigenvalue weighted by Gasteiger charge is -2.32. The first-order valence-corrected chi connectivity index (χ1v) is 7.86. The number of carboxylic acids is 1. The van der Waals surface area contributed by atoms with Crippen molar-refractivity contribution in [3.05, 3.63) is 23.3 Å². The van der Waals surface area contributed by atoms with Crippen LogP contribution < -0.4 is 0 Å². The van der Waals surface area contributed by atoms with Gasteiger partial charge in [0.2, 0.25) is 5.91 Å². The van der Waals surface area contributed by atoms with Crippen LogP contribution in [0.15, 0.2) is 6.20 Å². The molecule has 24 heavy (non-hydrogen) atoms. The van der Waals surface area contributed by atoms with Crippen LogP contribution >= 0.6 is 0 Å². The molecule has 0 aliphatic carbocycles. The summed E-state index contributed by atoms with van der Waals surface area (Å²) in [6.45, 7) is 4.09. The maximum atomic E-state index is 12.4. The number of hydrogen-bond acceptors (Lipinski definition) is 5. The van der Waals surface area contributed by atoms with Crippen molar-refractivity contribution in [2.24, 2.45) is 5.92 Å². The molecule has 0 unspecified atom stereocenters. The summed E-state index contributed by atoms with van der Waals surface area (Å²) < 4.78 is 0. The molecule has 0 saturated carbocycles. The number of aromatic nitrogens is 2. The fraction of sp³-hybridized carbons (Fsp3) is 0.562. The Morgan fingerprint density at radius 2 is 2.08 bits per heavy atom. The molecule has 1 aromatic rings. The average Bonchev–Trinajstić information content (AvgIpc) is 2.54. The minimum Gasteiger partial charge on any atom is -0.481 e. The second-order valence-corrected chi connectivity index (χ2v) is 6.09. The molecule has 0 spiro atoms. The molecule has 1 fully saturated rings. The van der Waals surface area contributed by atoms with Gasteiger partial charge < -0.3 is 14.9 Å². The molecule has 1 aliphatic rings. The van der Waals surface area contributed by atoms with E-state index < -0.39 is 11.9 Å². The van der Waals surface area contributed by atoms with Crippen molar-refractivity contribution >= 4 is 17.8 Å². The second-order valence-electron chi connectivity index (χ2n) is 6.09. The Bertz CT molecular complexity index is 661. The van der Waals surface area contributed by atoms with Crippen LogP contribution in [-0.4, -0.2) is 69.3 Å². The minimum atomic E-state index is -0.885. The average molecular weight is 334 g/mol. The van der Waals surface area contributed by atoms with E-state index in [1.54, 1.807) is 13.8 Å². The van der Waals surface area contributed by atoms with Crippen LogP contribution in [0, 0.1) is 19.8 Å². The second kappa shape index (κ2) is 7.37. The third-order valence-electron chi connectivity index (χ3n) is 4.17. The van der Waals surface area contributed by atoms with E-state index in [1.807, 2.05) is 0 Å². The maximum Gasteiger partial charge on any atom is 0.308 e. The van der Waals surface area contributed by atoms with Crippen molar-refractivity contribution in [3.63, 3.8) is 0 Å². The highest BCUT2D eigenvalue weighted by Gasteiger charge is 2.29. The smallest absolute Gasteiger partial charge is 0.308 e. The summed E-state index contributed by atoms with van der Waals surface area (Å²) >= 11 is 0. The van der Waals surface area contributed by atoms with Crippen LogP contribution in [0.2, 0.25) is 0 Å². The zero-order valence-electron chi connectivity index (χ0n) is 14.2. The van der Waals surface area contributed by atoms with Crippen molar-refractivity contribution in [1.29, 1.82) is 0 Å². The summed E-state index contributed by atoms with van der Waals surface area (Å²) in [6, 6.07) is 0. The molecule has 0 aromatic carbocycles. The lowest BCUT2D eigenvalue weighted by Crippen LogP contribution is -2.47. The molecule has 2 amide bonds. The third kappa shape index (κ3) is 4.06. The number of piperidine rings is 1. The molecule has 2 heterocycles. The molecule has 1 atom stereocenters. The Balaban J connectivity index is 2.00. The van der Waals surface area contributed by atoms with Gasteiger partial charge in [-0.2, -0.15) is 0 Å². The molecular weight excluding hydrogens is 312 g/mol. The molecule has 1 N–H and O–H groups in total. The standard InChI is InChI=1S/C16H22N4O4/c1-10-13(7-17-11(2)18-10)15(22)19(3)9-14(21)20-6-4-5-12(8-20)16(23)24/h7,12H,4-6,8-9H2,1-3H3,(H,23,24)/t12-/m1/s1. The molecule has 0 radical (unpaired) electrons. The SMILES string of the molecule is Cc1ncc(C(=O)N(C)CC(=O)N2CCC[C@@H](C(=O)O)C2)c(C)n1. The molecule has 2 rings (SSSR count). The van der Waals surface area contributed by atoms with E-state index in [0.29, 0.717) is 36.5 Å². The van der Waals surface area contributed by atoms with Crippen molar-refractivity contribution in [2.45, 2.75) is 26.7 Å². The first-order valence-electron chi connectivity index (χ1n) is 7.86. The van der Waals surface area contributed by atoms with Gasteiger partial charge in [0.1, 0.15) is 5.82 Å². The van der Waals surface area contributed by atoms with E-state index in [0.717, 1.165) is 0 Å². The fourth-order valence-electron chi connectivity index (χ4n) is 2.78. The van der Waals surface area contributed by atoms with Gasteiger partial charge in [0.15, 0.2) is 0 Å². The minimum absolute atomic E-state index is 0.0987. The summed E-state index contributed by atoms with van der Waals surface area (Å²) in [5.41, 5.74) is 0.925. The Morgan fingerprint density at radius 1 is 1.38 bits per heavy atom. The van der Waals surface area contributed by atoms with Crippen LogP contribution in [0.4, 0.5) is 0 Å². The topological polar surface area (TPSA) is 104 Å². The molecule has 130 valence electrons. The number of rotatable bonds is 4. The first-order chi connectivity index (χ1) is 11.3. The van der Waals surface area contributed by atoms with Gasteiger partial charge in [-0.1, -0.05) is 0 Å². The van der Waals surface area contributed by atoms with Gasteiger partial charge in [0.25, 0.3) is 5.91 Å². The van der Waals surface area contributed by atoms with Gasteiger partial charge in [0.05, 0.1) is 23.7 Å². The highest BCUT2D eigenvalue weighted by atomic mass is 16.4. The summed E-state index contributed by atoms with van der Waals surface area (Å²) in [6.07, 6.45) is 2.70. The third-order valence-corrected chi connectivity index (χ3v) is 4.17. The number of aryl methyl sites for hydroxylation is 2. The fourth-order valence-corrected chi connectivity index (χ4v) is 2.78. The lowest BCUT2D eigenvalue weighted by molar-refractivity contribution is -0.145. The largest absolute Gasteiger partial charge is 0.481 e. The number of carbonyl (C=O) groups excluding carboxylic acids is 2. The Morgan fingerprint density at radius 3 is 2.71 bits per heavy atom. The lowest BCUT2D eigenvalue weighted by atomic mass is 9.98. The van der Waals surface area contributed by atoms with Crippen LogP contribution in [0.3, 0.4) is 0 Å². The summed E-state index contributed by atoms with van der Waals surface area (Å²) in [5, 5.41) is 9.09. The number of amides is 2. The zero-order valence-corrected chi connectivity index (χ0v) is 14.2. The Kier molecular flexibility index (Phi) is 5.48. The van der Waals surface area contributed by atoms with Crippen molar-refractivity contribution < 1.29 is 19.5 Å². The molecule has 1 aliphatic heterocycles. The van der Waals surface area contributed by atoms with Crippen molar-refractivity contribution in [3.8, 4) is 0 Å². The predicted octanol–water partition coefficient (Wildman–Crippen LogP) is 0.489. The monoisotopic (exact) mass is 334 g/mol. The predicted molar refractivity (Wildman–Crippen MR) is 85.4 cm³/mol. The number of aliphatic carboxylic acids is 1. The van der Waals surface area contributed by atoms with Crippen molar-refractivity contribution in [1.82, 2.24) is 19.8 Å². The molecular formula is C16H22N4O4. The molecule has 1 saturated heterocycles. The van der Waals surface area contributed by atoms with Gasteiger partial charge in [-0.25, -0.2) is 9.97 Å². The normalized spacial score (nSPS) is 17.5. The van der Waals surface area contributed by atoms with E-state index in [2.05, 4.69) is 9.97 Å². The van der Waals surface area contributed by atoms with Crippen molar-refractivity contribution in [2.75, 3.05) is 26.7 Å². The van der Waals surface area contributed by atoms with E-state index in [-0.39, 0.29) is 24.9 Å². The quantitative estimate of drug-likeness (QED) is 0.859.